The fourth-order valence-corrected chi connectivity index (χ4v) is 4.38. The standard InChI is InChI=1S/C19H29NO/c1-5-21-18-12-17(19(18)9-6-10-19)20-15(4)16-8-7-13(2)11-14(16)3/h7-8,11,15,17-18,20H,5-6,9-10,12H2,1-4H3. The van der Waals surface area contributed by atoms with Crippen LogP contribution < -0.4 is 5.32 Å². The lowest BCUT2D eigenvalue weighted by molar-refractivity contribution is -0.174. The van der Waals surface area contributed by atoms with Crippen molar-refractivity contribution in [2.24, 2.45) is 5.41 Å². The van der Waals surface area contributed by atoms with Crippen LogP contribution in [0.25, 0.3) is 0 Å². The lowest BCUT2D eigenvalue weighted by Crippen LogP contribution is -2.67. The number of hydrogen-bond acceptors (Lipinski definition) is 2. The second-order valence-electron chi connectivity index (χ2n) is 7.07. The van der Waals surface area contributed by atoms with Crippen molar-refractivity contribution in [3.63, 3.8) is 0 Å². The molecule has 0 aliphatic heterocycles. The first-order valence-electron chi connectivity index (χ1n) is 8.51. The van der Waals surface area contributed by atoms with Crippen LogP contribution in [0.2, 0.25) is 0 Å². The fourth-order valence-electron chi connectivity index (χ4n) is 4.38. The maximum absolute atomic E-state index is 5.95. The molecule has 2 nitrogen and oxygen atoms in total. The van der Waals surface area contributed by atoms with Gasteiger partial charge in [0.2, 0.25) is 0 Å². The maximum Gasteiger partial charge on any atom is 0.0661 e. The number of ether oxygens (including phenoxy) is 1. The average molecular weight is 287 g/mol. The first-order chi connectivity index (χ1) is 10.1. The quantitative estimate of drug-likeness (QED) is 0.871. The Morgan fingerprint density at radius 3 is 2.67 bits per heavy atom. The Kier molecular flexibility index (Phi) is 4.11. The minimum atomic E-state index is 0.427. The average Bonchev–Trinajstić information content (AvgIpc) is 2.35. The summed E-state index contributed by atoms with van der Waals surface area (Å²) in [6, 6.07) is 7.86. The van der Waals surface area contributed by atoms with Crippen molar-refractivity contribution < 1.29 is 4.74 Å². The van der Waals surface area contributed by atoms with Crippen LogP contribution in [0.3, 0.4) is 0 Å². The number of rotatable bonds is 5. The highest BCUT2D eigenvalue weighted by atomic mass is 16.5. The summed E-state index contributed by atoms with van der Waals surface area (Å²) in [5.74, 6) is 0. The van der Waals surface area contributed by atoms with Crippen molar-refractivity contribution in [3.8, 4) is 0 Å². The smallest absolute Gasteiger partial charge is 0.0661 e. The Morgan fingerprint density at radius 1 is 1.33 bits per heavy atom. The normalized spacial score (nSPS) is 28.0. The molecule has 1 spiro atoms. The lowest BCUT2D eigenvalue weighted by atomic mass is 9.51. The maximum atomic E-state index is 5.95. The van der Waals surface area contributed by atoms with Gasteiger partial charge in [0.25, 0.3) is 0 Å². The van der Waals surface area contributed by atoms with E-state index in [1.807, 2.05) is 0 Å². The first kappa shape index (κ1) is 15.1. The van der Waals surface area contributed by atoms with Gasteiger partial charge in [-0.3, -0.25) is 0 Å². The zero-order chi connectivity index (χ0) is 15.0. The van der Waals surface area contributed by atoms with E-state index in [9.17, 15) is 0 Å². The van der Waals surface area contributed by atoms with E-state index in [0.717, 1.165) is 6.61 Å². The van der Waals surface area contributed by atoms with Crippen LogP contribution >= 0.6 is 0 Å². The van der Waals surface area contributed by atoms with E-state index in [0.29, 0.717) is 23.6 Å². The van der Waals surface area contributed by atoms with Gasteiger partial charge in [0.1, 0.15) is 0 Å². The Bertz CT molecular complexity index is 506. The summed E-state index contributed by atoms with van der Waals surface area (Å²) in [4.78, 5) is 0. The van der Waals surface area contributed by atoms with Crippen LogP contribution in [0, 0.1) is 19.3 Å². The van der Waals surface area contributed by atoms with Gasteiger partial charge in [-0.25, -0.2) is 0 Å². The zero-order valence-corrected chi connectivity index (χ0v) is 13.9. The molecule has 21 heavy (non-hydrogen) atoms. The van der Waals surface area contributed by atoms with Crippen molar-refractivity contribution in [3.05, 3.63) is 34.9 Å². The van der Waals surface area contributed by atoms with Gasteiger partial charge in [-0.1, -0.05) is 30.2 Å². The zero-order valence-electron chi connectivity index (χ0n) is 13.9. The van der Waals surface area contributed by atoms with Gasteiger partial charge in [-0.15, -0.1) is 0 Å². The van der Waals surface area contributed by atoms with Crippen molar-refractivity contribution in [2.75, 3.05) is 6.61 Å². The van der Waals surface area contributed by atoms with Gasteiger partial charge in [-0.05, 0) is 58.1 Å². The molecule has 0 heterocycles. The molecule has 2 saturated carbocycles. The minimum absolute atomic E-state index is 0.427. The van der Waals surface area contributed by atoms with E-state index in [1.54, 1.807) is 0 Å². The van der Waals surface area contributed by atoms with Gasteiger partial charge in [0.05, 0.1) is 6.10 Å². The van der Waals surface area contributed by atoms with E-state index < -0.39 is 0 Å². The number of hydrogen-bond donors (Lipinski definition) is 1. The molecule has 3 atom stereocenters. The SMILES string of the molecule is CCOC1CC(NC(C)c2ccc(C)cc2C)C12CCC2. The van der Waals surface area contributed by atoms with E-state index in [-0.39, 0.29) is 0 Å². The van der Waals surface area contributed by atoms with Gasteiger partial charge in [0, 0.05) is 24.1 Å². The van der Waals surface area contributed by atoms with E-state index in [4.69, 9.17) is 4.74 Å². The molecule has 116 valence electrons. The van der Waals surface area contributed by atoms with Crippen LogP contribution in [0.5, 0.6) is 0 Å². The third-order valence-corrected chi connectivity index (χ3v) is 5.78. The number of nitrogens with one attached hydrogen (secondary N) is 1. The summed E-state index contributed by atoms with van der Waals surface area (Å²) in [7, 11) is 0. The topological polar surface area (TPSA) is 21.3 Å². The van der Waals surface area contributed by atoms with Crippen LogP contribution in [0.4, 0.5) is 0 Å². The molecule has 0 amide bonds. The summed E-state index contributed by atoms with van der Waals surface area (Å²) in [6.07, 6.45) is 5.74. The summed E-state index contributed by atoms with van der Waals surface area (Å²) in [5, 5.41) is 3.89. The van der Waals surface area contributed by atoms with Gasteiger partial charge < -0.3 is 10.1 Å². The Labute approximate surface area is 129 Å². The Morgan fingerprint density at radius 2 is 2.10 bits per heavy atom. The molecule has 1 aromatic rings. The van der Waals surface area contributed by atoms with Crippen molar-refractivity contribution in [1.29, 1.82) is 0 Å². The van der Waals surface area contributed by atoms with Crippen LogP contribution in [-0.2, 0) is 4.74 Å². The second kappa shape index (κ2) is 5.73. The highest BCUT2D eigenvalue weighted by Gasteiger charge is 2.58. The highest BCUT2D eigenvalue weighted by molar-refractivity contribution is 5.32. The predicted octanol–water partition coefficient (Wildman–Crippen LogP) is 4.30. The highest BCUT2D eigenvalue weighted by Crippen LogP contribution is 2.57. The van der Waals surface area contributed by atoms with Crippen LogP contribution in [0.15, 0.2) is 18.2 Å². The molecule has 0 radical (unpaired) electrons. The lowest BCUT2D eigenvalue weighted by Gasteiger charge is -2.61. The third-order valence-electron chi connectivity index (χ3n) is 5.78. The largest absolute Gasteiger partial charge is 0.378 e. The van der Waals surface area contributed by atoms with E-state index >= 15 is 0 Å². The molecular weight excluding hydrogens is 258 g/mol. The Hall–Kier alpha value is -0.860. The summed E-state index contributed by atoms with van der Waals surface area (Å²) in [5.41, 5.74) is 4.63. The minimum Gasteiger partial charge on any atom is -0.378 e. The molecule has 2 aliphatic rings. The molecule has 1 N–H and O–H groups in total. The van der Waals surface area contributed by atoms with Gasteiger partial charge in [-0.2, -0.15) is 0 Å². The van der Waals surface area contributed by atoms with Crippen LogP contribution in [-0.4, -0.2) is 18.8 Å². The monoisotopic (exact) mass is 287 g/mol. The molecule has 3 rings (SSSR count). The van der Waals surface area contributed by atoms with E-state index in [1.165, 1.54) is 42.4 Å². The second-order valence-corrected chi connectivity index (χ2v) is 7.07. The first-order valence-corrected chi connectivity index (χ1v) is 8.51. The third kappa shape index (κ3) is 2.53. The molecule has 2 fully saturated rings. The van der Waals surface area contributed by atoms with Crippen molar-refractivity contribution in [2.45, 2.75) is 71.6 Å². The summed E-state index contributed by atoms with van der Waals surface area (Å²) >= 11 is 0. The van der Waals surface area contributed by atoms with Crippen molar-refractivity contribution >= 4 is 0 Å². The summed E-state index contributed by atoms with van der Waals surface area (Å²) in [6.45, 7) is 9.66. The molecule has 2 aliphatic carbocycles. The van der Waals surface area contributed by atoms with Gasteiger partial charge >= 0.3 is 0 Å². The fraction of sp³-hybridized carbons (Fsp3) is 0.684. The summed E-state index contributed by atoms with van der Waals surface area (Å²) < 4.78 is 5.95. The number of benzene rings is 1. The molecule has 0 aromatic heterocycles. The molecule has 0 saturated heterocycles. The Balaban J connectivity index is 1.67. The molecule has 3 unspecified atom stereocenters. The molecular formula is C19H29NO. The molecule has 2 heteroatoms. The van der Waals surface area contributed by atoms with Crippen molar-refractivity contribution in [1.82, 2.24) is 5.32 Å². The molecule has 1 aromatic carbocycles. The number of aryl methyl sites for hydroxylation is 2. The van der Waals surface area contributed by atoms with Gasteiger partial charge in [0.15, 0.2) is 0 Å². The van der Waals surface area contributed by atoms with Crippen LogP contribution in [0.1, 0.15) is 62.3 Å². The molecule has 0 bridgehead atoms. The van der Waals surface area contributed by atoms with E-state index in [2.05, 4.69) is 51.2 Å². The predicted molar refractivity (Wildman–Crippen MR) is 87.6 cm³/mol.